The van der Waals surface area contributed by atoms with Crippen LogP contribution in [0, 0.1) is 6.92 Å². The molecule has 3 rings (SSSR count). The van der Waals surface area contributed by atoms with Crippen LogP contribution in [0.2, 0.25) is 0 Å². The largest absolute Gasteiger partial charge is 0.444 e. The first-order chi connectivity index (χ1) is 18.1. The third-order valence-corrected chi connectivity index (χ3v) is 6.80. The Morgan fingerprint density at radius 2 is 1.61 bits per heavy atom. The number of benzene rings is 2. The standard InChI is InChI=1S/C31H43N3O4/c1-6-34(27(24-19-17-22(2)18-20-24)28(35)32-25-15-11-8-12-16-25)29(36)26(21-23-13-9-7-10-14-23)33-30(37)38-31(3,4)5/h7,9-10,13-14,17-20,25-27H,6,8,11-12,15-16,21H2,1-5H3,(H,32,35)(H,33,37). The number of hydrogen-bond acceptors (Lipinski definition) is 4. The third-order valence-electron chi connectivity index (χ3n) is 6.80. The maximum absolute atomic E-state index is 14.1. The van der Waals surface area contributed by atoms with E-state index in [9.17, 15) is 14.4 Å². The Balaban J connectivity index is 1.93. The summed E-state index contributed by atoms with van der Waals surface area (Å²) in [5, 5.41) is 6.01. The van der Waals surface area contributed by atoms with E-state index in [2.05, 4.69) is 10.6 Å². The molecule has 38 heavy (non-hydrogen) atoms. The predicted molar refractivity (Wildman–Crippen MR) is 150 cm³/mol. The number of amides is 3. The molecule has 1 aliphatic carbocycles. The SMILES string of the molecule is CCN(C(=O)C(Cc1ccccc1)NC(=O)OC(C)(C)C)C(C(=O)NC1CCCCC1)c1ccc(C)cc1. The molecule has 206 valence electrons. The molecule has 0 heterocycles. The first-order valence-electron chi connectivity index (χ1n) is 13.8. The Hall–Kier alpha value is -3.35. The first kappa shape index (κ1) is 29.2. The maximum atomic E-state index is 14.1. The van der Waals surface area contributed by atoms with Gasteiger partial charge in [0, 0.05) is 19.0 Å². The number of carbonyl (C=O) groups excluding carboxylic acids is 3. The molecular weight excluding hydrogens is 478 g/mol. The molecule has 7 nitrogen and oxygen atoms in total. The molecule has 3 amide bonds. The van der Waals surface area contributed by atoms with E-state index in [1.165, 1.54) is 6.42 Å². The van der Waals surface area contributed by atoms with Gasteiger partial charge in [-0.05, 0) is 58.6 Å². The summed E-state index contributed by atoms with van der Waals surface area (Å²) in [6, 6.07) is 15.7. The highest BCUT2D eigenvalue weighted by Gasteiger charge is 2.36. The molecule has 2 aromatic rings. The molecule has 1 aliphatic rings. The minimum absolute atomic E-state index is 0.109. The van der Waals surface area contributed by atoms with Crippen LogP contribution < -0.4 is 10.6 Å². The second kappa shape index (κ2) is 13.4. The highest BCUT2D eigenvalue weighted by molar-refractivity contribution is 5.92. The number of carbonyl (C=O) groups is 3. The van der Waals surface area contributed by atoms with Gasteiger partial charge < -0.3 is 20.3 Å². The number of hydrogen-bond donors (Lipinski definition) is 2. The first-order valence-corrected chi connectivity index (χ1v) is 13.8. The minimum atomic E-state index is -0.900. The second-order valence-corrected chi connectivity index (χ2v) is 11.2. The topological polar surface area (TPSA) is 87.7 Å². The zero-order valence-electron chi connectivity index (χ0n) is 23.5. The van der Waals surface area contributed by atoms with Crippen LogP contribution in [-0.4, -0.2) is 47.0 Å². The number of alkyl carbamates (subject to hydrolysis) is 1. The molecule has 0 bridgehead atoms. The lowest BCUT2D eigenvalue weighted by Gasteiger charge is -2.35. The Morgan fingerprint density at radius 1 is 0.974 bits per heavy atom. The zero-order valence-corrected chi connectivity index (χ0v) is 23.5. The van der Waals surface area contributed by atoms with Gasteiger partial charge in [-0.25, -0.2) is 4.79 Å². The number of nitrogens with zero attached hydrogens (tertiary/aromatic N) is 1. The fourth-order valence-corrected chi connectivity index (χ4v) is 4.91. The van der Waals surface area contributed by atoms with Crippen LogP contribution >= 0.6 is 0 Å². The van der Waals surface area contributed by atoms with Gasteiger partial charge >= 0.3 is 6.09 Å². The quantitative estimate of drug-likeness (QED) is 0.458. The fraction of sp³-hybridized carbons (Fsp3) is 0.516. The summed E-state index contributed by atoms with van der Waals surface area (Å²) in [5.74, 6) is -0.515. The average Bonchev–Trinajstić information content (AvgIpc) is 2.87. The Kier molecular flexibility index (Phi) is 10.3. The molecule has 2 unspecified atom stereocenters. The monoisotopic (exact) mass is 521 g/mol. The smallest absolute Gasteiger partial charge is 0.408 e. The van der Waals surface area contributed by atoms with Crippen molar-refractivity contribution >= 4 is 17.9 Å². The average molecular weight is 522 g/mol. The van der Waals surface area contributed by atoms with Crippen LogP contribution in [0.1, 0.15) is 82.5 Å². The number of likely N-dealkylation sites (N-methyl/N-ethyl adjacent to an activating group) is 1. The van der Waals surface area contributed by atoms with Crippen molar-refractivity contribution in [2.24, 2.45) is 0 Å². The van der Waals surface area contributed by atoms with Crippen LogP contribution in [0.25, 0.3) is 0 Å². The Labute approximate surface area is 227 Å². The van der Waals surface area contributed by atoms with E-state index in [1.807, 2.05) is 68.4 Å². The highest BCUT2D eigenvalue weighted by Crippen LogP contribution is 2.25. The molecule has 0 aromatic heterocycles. The van der Waals surface area contributed by atoms with Crippen LogP contribution in [-0.2, 0) is 20.7 Å². The molecule has 2 atom stereocenters. The number of nitrogens with one attached hydrogen (secondary N) is 2. The van der Waals surface area contributed by atoms with Crippen molar-refractivity contribution in [1.82, 2.24) is 15.5 Å². The maximum Gasteiger partial charge on any atom is 0.408 e. The van der Waals surface area contributed by atoms with Gasteiger partial charge in [-0.2, -0.15) is 0 Å². The summed E-state index contributed by atoms with van der Waals surface area (Å²) in [4.78, 5) is 42.3. The van der Waals surface area contributed by atoms with E-state index in [4.69, 9.17) is 4.74 Å². The zero-order chi connectivity index (χ0) is 27.7. The summed E-state index contributed by atoms with van der Waals surface area (Å²) in [5.41, 5.74) is 2.01. The molecule has 0 spiro atoms. The summed E-state index contributed by atoms with van der Waals surface area (Å²) >= 11 is 0. The molecule has 1 fully saturated rings. The van der Waals surface area contributed by atoms with E-state index >= 15 is 0 Å². The van der Waals surface area contributed by atoms with Gasteiger partial charge in [0.05, 0.1) is 0 Å². The van der Waals surface area contributed by atoms with Gasteiger partial charge in [0.2, 0.25) is 11.8 Å². The van der Waals surface area contributed by atoms with E-state index < -0.39 is 23.8 Å². The Bertz CT molecular complexity index is 1060. The van der Waals surface area contributed by atoms with Crippen molar-refractivity contribution in [2.75, 3.05) is 6.54 Å². The van der Waals surface area contributed by atoms with Crippen LogP contribution in [0.3, 0.4) is 0 Å². The molecule has 7 heteroatoms. The van der Waals surface area contributed by atoms with Crippen molar-refractivity contribution in [2.45, 2.75) is 96.9 Å². The van der Waals surface area contributed by atoms with E-state index in [-0.39, 0.29) is 24.3 Å². The normalized spacial score (nSPS) is 15.7. The third kappa shape index (κ3) is 8.61. The van der Waals surface area contributed by atoms with E-state index in [0.717, 1.165) is 42.4 Å². The lowest BCUT2D eigenvalue weighted by Crippen LogP contribution is -2.54. The summed E-state index contributed by atoms with van der Waals surface area (Å²) in [7, 11) is 0. The number of ether oxygens (including phenoxy) is 1. The predicted octanol–water partition coefficient (Wildman–Crippen LogP) is 5.47. The van der Waals surface area contributed by atoms with Gasteiger partial charge in [-0.3, -0.25) is 9.59 Å². The summed E-state index contributed by atoms with van der Waals surface area (Å²) in [6.07, 6.45) is 4.88. The summed E-state index contributed by atoms with van der Waals surface area (Å²) in [6.45, 7) is 9.49. The Morgan fingerprint density at radius 3 is 2.18 bits per heavy atom. The van der Waals surface area contributed by atoms with Crippen molar-refractivity contribution in [1.29, 1.82) is 0 Å². The fourth-order valence-electron chi connectivity index (χ4n) is 4.91. The van der Waals surface area contributed by atoms with Gasteiger partial charge in [0.25, 0.3) is 0 Å². The van der Waals surface area contributed by atoms with E-state index in [0.29, 0.717) is 6.54 Å². The lowest BCUT2D eigenvalue weighted by molar-refractivity contribution is -0.142. The molecule has 2 N–H and O–H groups in total. The minimum Gasteiger partial charge on any atom is -0.444 e. The van der Waals surface area contributed by atoms with Gasteiger partial charge in [-0.1, -0.05) is 79.4 Å². The van der Waals surface area contributed by atoms with E-state index in [1.54, 1.807) is 25.7 Å². The molecule has 2 aromatic carbocycles. The van der Waals surface area contributed by atoms with Crippen molar-refractivity contribution in [3.05, 3.63) is 71.3 Å². The van der Waals surface area contributed by atoms with Crippen molar-refractivity contribution < 1.29 is 19.1 Å². The highest BCUT2D eigenvalue weighted by atomic mass is 16.6. The molecule has 0 radical (unpaired) electrons. The van der Waals surface area contributed by atoms with Crippen LogP contribution in [0.15, 0.2) is 54.6 Å². The molecule has 0 aliphatic heterocycles. The molecular formula is C31H43N3O4. The van der Waals surface area contributed by atoms with Crippen molar-refractivity contribution in [3.8, 4) is 0 Å². The summed E-state index contributed by atoms with van der Waals surface area (Å²) < 4.78 is 5.48. The molecule has 1 saturated carbocycles. The number of rotatable bonds is 9. The van der Waals surface area contributed by atoms with Gasteiger partial charge in [0.1, 0.15) is 17.7 Å². The van der Waals surface area contributed by atoms with Crippen LogP contribution in [0.4, 0.5) is 4.79 Å². The van der Waals surface area contributed by atoms with Gasteiger partial charge in [-0.15, -0.1) is 0 Å². The molecule has 0 saturated heterocycles. The van der Waals surface area contributed by atoms with Crippen LogP contribution in [0.5, 0.6) is 0 Å². The second-order valence-electron chi connectivity index (χ2n) is 11.2. The number of aryl methyl sites for hydroxylation is 1. The lowest BCUT2D eigenvalue weighted by atomic mass is 9.94. The van der Waals surface area contributed by atoms with Gasteiger partial charge in [0.15, 0.2) is 0 Å². The van der Waals surface area contributed by atoms with Crippen molar-refractivity contribution in [3.63, 3.8) is 0 Å².